The fraction of sp³-hybridized carbons (Fsp3) is 0.308. The molecule has 0 spiro atoms. The molecule has 0 saturated carbocycles. The van der Waals surface area contributed by atoms with Gasteiger partial charge in [-0.3, -0.25) is 0 Å². The number of hydrogen-bond acceptors (Lipinski definition) is 5. The smallest absolute Gasteiger partial charge is 0.319 e. The molecule has 0 radical (unpaired) electrons. The number of nitrogens with zero attached hydrogens (tertiary/aromatic N) is 2. The van der Waals surface area contributed by atoms with Crippen LogP contribution in [0.3, 0.4) is 0 Å². The molecule has 2 heterocycles. The number of aromatic nitrogens is 2. The highest BCUT2D eigenvalue weighted by Gasteiger charge is 2.05. The van der Waals surface area contributed by atoms with Gasteiger partial charge in [-0.05, 0) is 32.9 Å². The van der Waals surface area contributed by atoms with Gasteiger partial charge in [0.05, 0.1) is 11.9 Å². The van der Waals surface area contributed by atoms with Crippen LogP contribution < -0.4 is 16.0 Å². The van der Waals surface area contributed by atoms with Crippen LogP contribution >= 0.6 is 0 Å². The quantitative estimate of drug-likeness (QED) is 0.797. The lowest BCUT2D eigenvalue weighted by Gasteiger charge is -2.10. The SMILES string of the molecule is Cc1cc(Nc2ccc(NC(=O)NC(C)C)cn2)no1. The highest BCUT2D eigenvalue weighted by Crippen LogP contribution is 2.15. The zero-order valence-corrected chi connectivity index (χ0v) is 11.6. The van der Waals surface area contributed by atoms with Crippen molar-refractivity contribution in [2.75, 3.05) is 10.6 Å². The number of pyridine rings is 1. The summed E-state index contributed by atoms with van der Waals surface area (Å²) < 4.78 is 4.94. The summed E-state index contributed by atoms with van der Waals surface area (Å²) in [4.78, 5) is 15.7. The number of carbonyl (C=O) groups excluding carboxylic acids is 1. The molecular weight excluding hydrogens is 258 g/mol. The predicted molar refractivity (Wildman–Crippen MR) is 76.1 cm³/mol. The molecule has 0 bridgehead atoms. The first-order valence-corrected chi connectivity index (χ1v) is 6.27. The Balaban J connectivity index is 1.94. The van der Waals surface area contributed by atoms with Crippen molar-refractivity contribution >= 4 is 23.4 Å². The first kappa shape index (κ1) is 13.9. The van der Waals surface area contributed by atoms with Gasteiger partial charge in [0.2, 0.25) is 0 Å². The van der Waals surface area contributed by atoms with Crippen LogP contribution in [0.4, 0.5) is 22.1 Å². The van der Waals surface area contributed by atoms with Gasteiger partial charge < -0.3 is 20.5 Å². The van der Waals surface area contributed by atoms with Gasteiger partial charge in [0.25, 0.3) is 0 Å². The molecule has 0 fully saturated rings. The van der Waals surface area contributed by atoms with Crippen molar-refractivity contribution in [3.05, 3.63) is 30.2 Å². The van der Waals surface area contributed by atoms with E-state index in [9.17, 15) is 4.79 Å². The molecule has 106 valence electrons. The van der Waals surface area contributed by atoms with Crippen LogP contribution in [-0.4, -0.2) is 22.2 Å². The number of rotatable bonds is 4. The summed E-state index contributed by atoms with van der Waals surface area (Å²) in [6.45, 7) is 5.60. The molecule has 2 aromatic rings. The average Bonchev–Trinajstić information content (AvgIpc) is 2.76. The van der Waals surface area contributed by atoms with Gasteiger partial charge in [-0.15, -0.1) is 0 Å². The first-order valence-electron chi connectivity index (χ1n) is 6.27. The van der Waals surface area contributed by atoms with E-state index in [4.69, 9.17) is 4.52 Å². The second-order valence-electron chi connectivity index (χ2n) is 4.63. The van der Waals surface area contributed by atoms with Gasteiger partial charge in [0.15, 0.2) is 5.82 Å². The van der Waals surface area contributed by atoms with Crippen LogP contribution in [0.5, 0.6) is 0 Å². The third-order valence-electron chi connectivity index (χ3n) is 2.33. The molecule has 20 heavy (non-hydrogen) atoms. The number of amides is 2. The van der Waals surface area contributed by atoms with Crippen molar-refractivity contribution in [2.45, 2.75) is 26.8 Å². The van der Waals surface area contributed by atoms with Crippen molar-refractivity contribution in [1.29, 1.82) is 0 Å². The fourth-order valence-corrected chi connectivity index (χ4v) is 1.53. The first-order chi connectivity index (χ1) is 9.52. The summed E-state index contributed by atoms with van der Waals surface area (Å²) >= 11 is 0. The molecule has 0 saturated heterocycles. The van der Waals surface area contributed by atoms with Crippen molar-refractivity contribution < 1.29 is 9.32 Å². The minimum Gasteiger partial charge on any atom is -0.360 e. The molecule has 0 aliphatic heterocycles. The Kier molecular flexibility index (Phi) is 4.19. The van der Waals surface area contributed by atoms with E-state index < -0.39 is 0 Å². The molecule has 0 aromatic carbocycles. The van der Waals surface area contributed by atoms with E-state index in [0.717, 1.165) is 5.76 Å². The fourth-order valence-electron chi connectivity index (χ4n) is 1.53. The third kappa shape index (κ3) is 3.98. The van der Waals surface area contributed by atoms with E-state index in [-0.39, 0.29) is 12.1 Å². The van der Waals surface area contributed by atoms with Crippen LogP contribution in [0.2, 0.25) is 0 Å². The van der Waals surface area contributed by atoms with Crippen LogP contribution in [0.1, 0.15) is 19.6 Å². The van der Waals surface area contributed by atoms with Crippen molar-refractivity contribution in [1.82, 2.24) is 15.5 Å². The second kappa shape index (κ2) is 6.05. The van der Waals surface area contributed by atoms with E-state index in [1.54, 1.807) is 24.4 Å². The molecule has 2 aromatic heterocycles. The monoisotopic (exact) mass is 275 g/mol. The Hall–Kier alpha value is -2.57. The summed E-state index contributed by atoms with van der Waals surface area (Å²) in [5.41, 5.74) is 0.616. The number of nitrogens with one attached hydrogen (secondary N) is 3. The largest absolute Gasteiger partial charge is 0.360 e. The molecule has 0 aliphatic carbocycles. The predicted octanol–water partition coefficient (Wildman–Crippen LogP) is 2.65. The van der Waals surface area contributed by atoms with Gasteiger partial charge in [-0.2, -0.15) is 0 Å². The highest BCUT2D eigenvalue weighted by atomic mass is 16.5. The molecule has 3 N–H and O–H groups in total. The lowest BCUT2D eigenvalue weighted by atomic mass is 10.4. The zero-order valence-electron chi connectivity index (χ0n) is 11.6. The highest BCUT2D eigenvalue weighted by molar-refractivity contribution is 5.89. The molecule has 2 amide bonds. The van der Waals surface area contributed by atoms with E-state index in [1.165, 1.54) is 0 Å². The van der Waals surface area contributed by atoms with E-state index in [2.05, 4.69) is 26.1 Å². The van der Waals surface area contributed by atoms with Crippen molar-refractivity contribution in [3.63, 3.8) is 0 Å². The van der Waals surface area contributed by atoms with Crippen LogP contribution in [-0.2, 0) is 0 Å². The van der Waals surface area contributed by atoms with Gasteiger partial charge in [-0.1, -0.05) is 5.16 Å². The number of aryl methyl sites for hydroxylation is 1. The molecule has 7 nitrogen and oxygen atoms in total. The second-order valence-corrected chi connectivity index (χ2v) is 4.63. The van der Waals surface area contributed by atoms with E-state index in [0.29, 0.717) is 17.3 Å². The molecule has 2 rings (SSSR count). The molecule has 0 atom stereocenters. The van der Waals surface area contributed by atoms with E-state index in [1.807, 2.05) is 20.8 Å². The number of carbonyl (C=O) groups is 1. The Morgan fingerprint density at radius 1 is 1.30 bits per heavy atom. The third-order valence-corrected chi connectivity index (χ3v) is 2.33. The van der Waals surface area contributed by atoms with Gasteiger partial charge in [0, 0.05) is 12.1 Å². The van der Waals surface area contributed by atoms with Gasteiger partial charge >= 0.3 is 6.03 Å². The minimum absolute atomic E-state index is 0.0827. The van der Waals surface area contributed by atoms with Crippen molar-refractivity contribution in [2.24, 2.45) is 0 Å². The maximum absolute atomic E-state index is 11.5. The maximum atomic E-state index is 11.5. The standard InChI is InChI=1S/C13H17N5O2/c1-8(2)15-13(19)16-10-4-5-11(14-7-10)17-12-6-9(3)20-18-12/h4-8H,1-3H3,(H,14,17,18)(H2,15,16,19). The maximum Gasteiger partial charge on any atom is 0.319 e. The van der Waals surface area contributed by atoms with Crippen LogP contribution in [0.25, 0.3) is 0 Å². The van der Waals surface area contributed by atoms with Crippen molar-refractivity contribution in [3.8, 4) is 0 Å². The summed E-state index contributed by atoms with van der Waals surface area (Å²) in [5.74, 6) is 1.93. The Bertz CT molecular complexity index is 577. The van der Waals surface area contributed by atoms with Crippen LogP contribution in [0, 0.1) is 6.92 Å². The average molecular weight is 275 g/mol. The Morgan fingerprint density at radius 2 is 2.10 bits per heavy atom. The molecule has 7 heteroatoms. The summed E-state index contributed by atoms with van der Waals surface area (Å²) in [7, 11) is 0. The number of anilines is 3. The lowest BCUT2D eigenvalue weighted by molar-refractivity contribution is 0.250. The topological polar surface area (TPSA) is 92.1 Å². The molecule has 0 aliphatic rings. The molecule has 0 unspecified atom stereocenters. The minimum atomic E-state index is -0.255. The normalized spacial score (nSPS) is 10.4. The Labute approximate surface area is 116 Å². The summed E-state index contributed by atoms with van der Waals surface area (Å²) in [6.07, 6.45) is 1.56. The number of hydrogen-bond donors (Lipinski definition) is 3. The Morgan fingerprint density at radius 3 is 2.65 bits per heavy atom. The summed E-state index contributed by atoms with van der Waals surface area (Å²) in [6, 6.07) is 5.09. The lowest BCUT2D eigenvalue weighted by Crippen LogP contribution is -2.34. The molecular formula is C13H17N5O2. The van der Waals surface area contributed by atoms with Gasteiger partial charge in [0.1, 0.15) is 11.6 Å². The van der Waals surface area contributed by atoms with Gasteiger partial charge in [-0.25, -0.2) is 9.78 Å². The number of urea groups is 1. The van der Waals surface area contributed by atoms with E-state index >= 15 is 0 Å². The zero-order chi connectivity index (χ0) is 14.5. The van der Waals surface area contributed by atoms with Crippen LogP contribution in [0.15, 0.2) is 28.9 Å². The summed E-state index contributed by atoms with van der Waals surface area (Å²) in [5, 5.41) is 12.2.